The maximum atomic E-state index is 6.83. The van der Waals surface area contributed by atoms with Crippen molar-refractivity contribution in [1.82, 2.24) is 4.57 Å². The van der Waals surface area contributed by atoms with Crippen LogP contribution in [0.3, 0.4) is 0 Å². The molecule has 0 N–H and O–H groups in total. The summed E-state index contributed by atoms with van der Waals surface area (Å²) in [6, 6.07) is 64.3. The quantitative estimate of drug-likeness (QED) is 0.173. The number of thiophene rings is 1. The van der Waals surface area contributed by atoms with E-state index in [2.05, 4.69) is 211 Å². The van der Waals surface area contributed by atoms with Crippen molar-refractivity contribution in [2.24, 2.45) is 5.92 Å². The largest absolute Gasteiger partial charge is 0.456 e. The molecule has 0 spiro atoms. The van der Waals surface area contributed by atoms with Crippen molar-refractivity contribution in [1.29, 1.82) is 0 Å². The number of anilines is 3. The van der Waals surface area contributed by atoms with Crippen molar-refractivity contribution in [2.45, 2.75) is 25.7 Å². The van der Waals surface area contributed by atoms with Gasteiger partial charge >= 0.3 is 0 Å². The van der Waals surface area contributed by atoms with Crippen LogP contribution in [0.1, 0.15) is 37.0 Å². The third-order valence-electron chi connectivity index (χ3n) is 13.7. The highest BCUT2D eigenvalue weighted by atomic mass is 32.1. The van der Waals surface area contributed by atoms with Gasteiger partial charge in [-0.15, -0.1) is 11.3 Å². The summed E-state index contributed by atoms with van der Waals surface area (Å²) in [6.45, 7) is 4.87. The van der Waals surface area contributed by atoms with Gasteiger partial charge < -0.3 is 13.9 Å². The van der Waals surface area contributed by atoms with Gasteiger partial charge in [0.2, 0.25) is 0 Å². The second-order valence-electron chi connectivity index (χ2n) is 17.3. The molecule has 3 heterocycles. The summed E-state index contributed by atoms with van der Waals surface area (Å²) in [7, 11) is 0. The number of para-hydroxylation sites is 3. The van der Waals surface area contributed by atoms with E-state index in [1.54, 1.807) is 0 Å². The molecule has 8 aromatic carbocycles. The van der Waals surface area contributed by atoms with E-state index in [1.807, 2.05) is 11.3 Å². The predicted octanol–water partition coefficient (Wildman–Crippen LogP) is 16.3. The predicted molar refractivity (Wildman–Crippen MR) is 259 cm³/mol. The fourth-order valence-electron chi connectivity index (χ4n) is 10.9. The number of rotatable bonds is 5. The lowest BCUT2D eigenvalue weighted by Gasteiger charge is -2.32. The molecule has 2 aliphatic rings. The summed E-state index contributed by atoms with van der Waals surface area (Å²) in [5, 5.41) is 7.41. The number of benzene rings is 8. The first-order valence-corrected chi connectivity index (χ1v) is 22.1. The minimum Gasteiger partial charge on any atom is -0.456 e. The summed E-state index contributed by atoms with van der Waals surface area (Å²) in [5.41, 5.74) is 15.5. The van der Waals surface area contributed by atoms with Crippen molar-refractivity contribution in [3.8, 4) is 5.69 Å². The van der Waals surface area contributed by atoms with Gasteiger partial charge in [0.15, 0.2) is 0 Å². The summed E-state index contributed by atoms with van der Waals surface area (Å²) < 4.78 is 11.9. The Morgan fingerprint density at radius 1 is 0.557 bits per heavy atom. The fourth-order valence-corrected chi connectivity index (χ4v) is 12.0. The van der Waals surface area contributed by atoms with Crippen LogP contribution < -0.4 is 4.90 Å². The number of fused-ring (bicyclic) bond motifs is 12. The first kappa shape index (κ1) is 34.7. The Morgan fingerprint density at radius 2 is 1.26 bits per heavy atom. The van der Waals surface area contributed by atoms with Crippen LogP contribution in [0.5, 0.6) is 0 Å². The van der Waals surface area contributed by atoms with Crippen LogP contribution in [0.4, 0.5) is 17.1 Å². The molecule has 0 aliphatic heterocycles. The van der Waals surface area contributed by atoms with Crippen LogP contribution in [0.25, 0.3) is 80.8 Å². The lowest BCUT2D eigenvalue weighted by Crippen LogP contribution is -2.24. The first-order valence-electron chi connectivity index (χ1n) is 21.3. The molecule has 0 radical (unpaired) electrons. The molecule has 61 heavy (non-hydrogen) atoms. The van der Waals surface area contributed by atoms with Crippen LogP contribution in [0, 0.1) is 5.92 Å². The molecule has 0 fully saturated rings. The van der Waals surface area contributed by atoms with Gasteiger partial charge in [0.05, 0.1) is 11.0 Å². The zero-order chi connectivity index (χ0) is 40.4. The maximum absolute atomic E-state index is 6.83. The smallest absolute Gasteiger partial charge is 0.138 e. The third kappa shape index (κ3) is 5.03. The van der Waals surface area contributed by atoms with E-state index < -0.39 is 0 Å². The molecule has 1 atom stereocenters. The SMILES string of the molecule is CC1(C)c2ccccc2C2=CC=C(c3c4c(cc5c3c3cc(N(c6ccccc6)c6ccc7c(c6)sc6ccccc67)ccc3n5-c3ccccc3)oc3ccccc34)CC21. The Balaban J connectivity index is 1.12. The molecule has 1 unspecified atom stereocenters. The summed E-state index contributed by atoms with van der Waals surface area (Å²) in [5.74, 6) is 0.351. The molecule has 0 amide bonds. The molecular formula is C57H40N2OS. The number of nitrogens with zero attached hydrogens (tertiary/aromatic N) is 2. The van der Waals surface area contributed by atoms with E-state index in [4.69, 9.17) is 4.42 Å². The maximum Gasteiger partial charge on any atom is 0.138 e. The lowest BCUT2D eigenvalue weighted by molar-refractivity contribution is 0.418. The first-order chi connectivity index (χ1) is 30.0. The average molecular weight is 801 g/mol. The Bertz CT molecular complexity index is 3660. The minimum atomic E-state index is -0.00960. The number of aromatic nitrogens is 1. The number of allylic oxidation sites excluding steroid dienone is 4. The van der Waals surface area contributed by atoms with Crippen molar-refractivity contribution < 1.29 is 4.42 Å². The van der Waals surface area contributed by atoms with Crippen LogP contribution in [0.2, 0.25) is 0 Å². The Labute approximate surface area is 357 Å². The molecule has 2 aliphatic carbocycles. The van der Waals surface area contributed by atoms with E-state index >= 15 is 0 Å². The molecule has 0 saturated carbocycles. The molecular weight excluding hydrogens is 761 g/mol. The van der Waals surface area contributed by atoms with E-state index in [9.17, 15) is 0 Å². The lowest BCUT2D eigenvalue weighted by atomic mass is 9.71. The Morgan fingerprint density at radius 3 is 2.13 bits per heavy atom. The van der Waals surface area contributed by atoms with Crippen molar-refractivity contribution in [3.05, 3.63) is 205 Å². The second-order valence-corrected chi connectivity index (χ2v) is 18.4. The average Bonchev–Trinajstić information content (AvgIpc) is 4.02. The molecule has 0 saturated heterocycles. The van der Waals surface area contributed by atoms with E-state index in [0.717, 1.165) is 56.8 Å². The van der Waals surface area contributed by atoms with Gasteiger partial charge in [-0.25, -0.2) is 0 Å². The second kappa shape index (κ2) is 12.9. The van der Waals surface area contributed by atoms with Gasteiger partial charge in [-0.3, -0.25) is 0 Å². The minimum absolute atomic E-state index is 0.00960. The van der Waals surface area contributed by atoms with Crippen molar-refractivity contribution in [3.63, 3.8) is 0 Å². The standard InChI is InChI=1S/C57H40N2OS/c1-57(2)46-22-12-9-19-40(46)41-28-25-35(31-47(41)57)54-55-45-32-38(58(36-15-5-3-6-16-36)39-26-29-43-42-20-11-14-24-52(42)61-53(43)33-39)27-30-48(45)59(37-17-7-4-8-18-37)49(55)34-51-56(54)44-21-10-13-23-50(44)60-51/h3-30,32-34,47H,31H2,1-2H3. The zero-order valence-electron chi connectivity index (χ0n) is 33.9. The van der Waals surface area contributed by atoms with Gasteiger partial charge in [0.1, 0.15) is 11.2 Å². The van der Waals surface area contributed by atoms with Crippen LogP contribution in [0.15, 0.2) is 192 Å². The molecule has 11 aromatic rings. The summed E-state index contributed by atoms with van der Waals surface area (Å²) in [6.07, 6.45) is 5.78. The summed E-state index contributed by atoms with van der Waals surface area (Å²) >= 11 is 1.86. The highest BCUT2D eigenvalue weighted by Crippen LogP contribution is 2.57. The molecule has 13 rings (SSSR count). The molecule has 4 heteroatoms. The van der Waals surface area contributed by atoms with Gasteiger partial charge in [-0.2, -0.15) is 0 Å². The highest BCUT2D eigenvalue weighted by molar-refractivity contribution is 7.25. The topological polar surface area (TPSA) is 21.3 Å². The normalized spacial score (nSPS) is 15.8. The monoisotopic (exact) mass is 800 g/mol. The van der Waals surface area contributed by atoms with Crippen LogP contribution in [-0.4, -0.2) is 4.57 Å². The molecule has 3 nitrogen and oxygen atoms in total. The van der Waals surface area contributed by atoms with Crippen molar-refractivity contribution in [2.75, 3.05) is 4.90 Å². The van der Waals surface area contributed by atoms with Gasteiger partial charge in [0.25, 0.3) is 0 Å². The van der Waals surface area contributed by atoms with Crippen LogP contribution in [-0.2, 0) is 5.41 Å². The van der Waals surface area contributed by atoms with Gasteiger partial charge in [-0.1, -0.05) is 129 Å². The highest BCUT2D eigenvalue weighted by Gasteiger charge is 2.44. The zero-order valence-corrected chi connectivity index (χ0v) is 34.7. The molecule has 0 bridgehead atoms. The Hall–Kier alpha value is -7.14. The van der Waals surface area contributed by atoms with Crippen LogP contribution >= 0.6 is 11.3 Å². The van der Waals surface area contributed by atoms with Crippen molar-refractivity contribution >= 4 is 103 Å². The van der Waals surface area contributed by atoms with Gasteiger partial charge in [-0.05, 0) is 112 Å². The molecule has 3 aromatic heterocycles. The van der Waals surface area contributed by atoms with E-state index in [1.165, 1.54) is 64.2 Å². The summed E-state index contributed by atoms with van der Waals surface area (Å²) in [4.78, 5) is 2.42. The number of hydrogen-bond acceptors (Lipinski definition) is 3. The number of hydrogen-bond donors (Lipinski definition) is 0. The Kier molecular flexibility index (Phi) is 7.35. The fraction of sp³-hybridized carbons (Fsp3) is 0.0877. The van der Waals surface area contributed by atoms with Gasteiger partial charge in [0, 0.05) is 70.5 Å². The van der Waals surface area contributed by atoms with E-state index in [0.29, 0.717) is 5.92 Å². The number of furan rings is 1. The molecule has 290 valence electrons. The van der Waals surface area contributed by atoms with E-state index in [-0.39, 0.29) is 5.41 Å². The third-order valence-corrected chi connectivity index (χ3v) is 14.8.